The van der Waals surface area contributed by atoms with Crippen molar-refractivity contribution in [3.63, 3.8) is 0 Å². The average molecular weight is 397 g/mol. The van der Waals surface area contributed by atoms with Gasteiger partial charge in [-0.2, -0.15) is 0 Å². The van der Waals surface area contributed by atoms with Gasteiger partial charge < -0.3 is 20.9 Å². The summed E-state index contributed by atoms with van der Waals surface area (Å²) < 4.78 is 13.1. The highest BCUT2D eigenvalue weighted by Gasteiger charge is 2.19. The highest BCUT2D eigenvalue weighted by Crippen LogP contribution is 2.21. The van der Waals surface area contributed by atoms with E-state index in [-0.39, 0.29) is 5.82 Å². The summed E-state index contributed by atoms with van der Waals surface area (Å²) in [4.78, 5) is 13.6. The number of hydrogen-bond donors (Lipinski definition) is 2. The van der Waals surface area contributed by atoms with E-state index in [2.05, 4.69) is 31.2 Å². The van der Waals surface area contributed by atoms with Crippen LogP contribution in [0.3, 0.4) is 0 Å². The lowest BCUT2D eigenvalue weighted by molar-refractivity contribution is 0.624. The number of benzene rings is 1. The molecule has 2 aromatic rings. The molecule has 0 amide bonds. The number of pyridine rings is 1. The van der Waals surface area contributed by atoms with Gasteiger partial charge in [0.25, 0.3) is 0 Å². The molecule has 0 unspecified atom stereocenters. The Bertz CT molecular complexity index is 823. The van der Waals surface area contributed by atoms with E-state index in [1.54, 1.807) is 0 Å². The zero-order valence-electron chi connectivity index (χ0n) is 16.7. The summed E-state index contributed by atoms with van der Waals surface area (Å²) in [6.45, 7) is 4.07. The second-order valence-electron chi connectivity index (χ2n) is 7.80. The van der Waals surface area contributed by atoms with Crippen LogP contribution in [0.5, 0.6) is 0 Å². The number of guanidine groups is 1. The summed E-state index contributed by atoms with van der Waals surface area (Å²) in [6, 6.07) is 11.3. The molecule has 1 saturated heterocycles. The molecule has 1 saturated carbocycles. The van der Waals surface area contributed by atoms with Gasteiger partial charge in [0, 0.05) is 44.1 Å². The number of rotatable bonds is 5. The molecule has 6 nitrogen and oxygen atoms in total. The normalized spacial score (nSPS) is 18.3. The maximum absolute atomic E-state index is 13.1. The fourth-order valence-corrected chi connectivity index (χ4v) is 4.08. The third-order valence-electron chi connectivity index (χ3n) is 5.74. The van der Waals surface area contributed by atoms with Crippen LogP contribution in [0.25, 0.3) is 0 Å². The van der Waals surface area contributed by atoms with Crippen LogP contribution in [-0.4, -0.2) is 43.2 Å². The molecular formula is C22H29FN6. The molecule has 1 aliphatic carbocycles. The molecule has 4 rings (SSSR count). The minimum atomic E-state index is -0.199. The first-order valence-electron chi connectivity index (χ1n) is 10.4. The Morgan fingerprint density at radius 3 is 2.48 bits per heavy atom. The van der Waals surface area contributed by atoms with Crippen molar-refractivity contribution in [3.05, 3.63) is 54.0 Å². The van der Waals surface area contributed by atoms with Crippen molar-refractivity contribution < 1.29 is 4.39 Å². The van der Waals surface area contributed by atoms with Crippen LogP contribution in [0.4, 0.5) is 15.9 Å². The Hall–Kier alpha value is -2.83. The van der Waals surface area contributed by atoms with Gasteiger partial charge in [-0.1, -0.05) is 12.8 Å². The van der Waals surface area contributed by atoms with Crippen LogP contribution in [0.1, 0.15) is 31.2 Å². The number of nitrogens with two attached hydrogens (primary N) is 1. The molecule has 3 N–H and O–H groups in total. The number of anilines is 2. The van der Waals surface area contributed by atoms with Gasteiger partial charge in [0.15, 0.2) is 5.96 Å². The van der Waals surface area contributed by atoms with Crippen molar-refractivity contribution in [2.75, 3.05) is 36.0 Å². The van der Waals surface area contributed by atoms with Gasteiger partial charge in [-0.15, -0.1) is 0 Å². The third kappa shape index (κ3) is 5.16. The molecule has 29 heavy (non-hydrogen) atoms. The van der Waals surface area contributed by atoms with E-state index in [1.165, 1.54) is 37.8 Å². The maximum Gasteiger partial charge on any atom is 0.189 e. The van der Waals surface area contributed by atoms with Gasteiger partial charge in [0.05, 0.1) is 6.54 Å². The molecule has 1 aromatic heterocycles. The van der Waals surface area contributed by atoms with Crippen LogP contribution in [0, 0.1) is 5.82 Å². The highest BCUT2D eigenvalue weighted by atomic mass is 19.1. The molecule has 0 bridgehead atoms. The van der Waals surface area contributed by atoms with E-state index in [9.17, 15) is 4.39 Å². The van der Waals surface area contributed by atoms with Gasteiger partial charge in [0.1, 0.15) is 11.6 Å². The number of hydrogen-bond acceptors (Lipinski definition) is 4. The third-order valence-corrected chi connectivity index (χ3v) is 5.74. The van der Waals surface area contributed by atoms with Crippen molar-refractivity contribution in [2.45, 2.75) is 38.3 Å². The summed E-state index contributed by atoms with van der Waals surface area (Å²) in [5.74, 6) is 1.30. The molecule has 1 aromatic carbocycles. The van der Waals surface area contributed by atoms with Crippen LogP contribution < -0.4 is 20.9 Å². The van der Waals surface area contributed by atoms with Crippen LogP contribution in [-0.2, 0) is 6.54 Å². The SMILES string of the molecule is NC(=NCc1ccnc(N2CCN(c3ccc(F)cc3)CC2)c1)NC1CCCC1. The fourth-order valence-electron chi connectivity index (χ4n) is 4.08. The summed E-state index contributed by atoms with van der Waals surface area (Å²) in [5.41, 5.74) is 8.21. The highest BCUT2D eigenvalue weighted by molar-refractivity contribution is 5.78. The summed E-state index contributed by atoms with van der Waals surface area (Å²) in [6.07, 6.45) is 6.74. The van der Waals surface area contributed by atoms with Crippen molar-refractivity contribution in [2.24, 2.45) is 10.7 Å². The minimum Gasteiger partial charge on any atom is -0.370 e. The zero-order chi connectivity index (χ0) is 20.1. The van der Waals surface area contributed by atoms with E-state index in [0.717, 1.165) is 43.2 Å². The maximum atomic E-state index is 13.1. The van der Waals surface area contributed by atoms with Crippen molar-refractivity contribution in [1.82, 2.24) is 10.3 Å². The standard InChI is InChI=1S/C22H29FN6/c23-18-5-7-20(8-6-18)28-11-13-29(14-12-28)21-15-17(9-10-25-21)16-26-22(24)27-19-3-1-2-4-19/h5-10,15,19H,1-4,11-14,16H2,(H3,24,26,27). The van der Waals surface area contributed by atoms with Gasteiger partial charge in [-0.25, -0.2) is 14.4 Å². The molecule has 2 heterocycles. The number of aliphatic imine (C=N–C) groups is 1. The summed E-state index contributed by atoms with van der Waals surface area (Å²) >= 11 is 0. The van der Waals surface area contributed by atoms with E-state index >= 15 is 0 Å². The van der Waals surface area contributed by atoms with E-state index < -0.39 is 0 Å². The lowest BCUT2D eigenvalue weighted by Crippen LogP contribution is -2.46. The van der Waals surface area contributed by atoms with Crippen molar-refractivity contribution in [3.8, 4) is 0 Å². The number of nitrogens with zero attached hydrogens (tertiary/aromatic N) is 4. The van der Waals surface area contributed by atoms with E-state index in [0.29, 0.717) is 18.5 Å². The van der Waals surface area contributed by atoms with Gasteiger partial charge in [-0.05, 0) is 54.8 Å². The Balaban J connectivity index is 1.32. The lowest BCUT2D eigenvalue weighted by Gasteiger charge is -2.36. The van der Waals surface area contributed by atoms with Gasteiger partial charge in [-0.3, -0.25) is 0 Å². The second kappa shape index (κ2) is 9.11. The first kappa shape index (κ1) is 19.5. The topological polar surface area (TPSA) is 69.8 Å². The lowest BCUT2D eigenvalue weighted by atomic mass is 10.2. The minimum absolute atomic E-state index is 0.199. The molecule has 0 radical (unpaired) electrons. The molecule has 1 aliphatic heterocycles. The molecule has 0 atom stereocenters. The molecular weight excluding hydrogens is 367 g/mol. The van der Waals surface area contributed by atoms with E-state index in [4.69, 9.17) is 5.73 Å². The van der Waals surface area contributed by atoms with Gasteiger partial charge in [0.2, 0.25) is 0 Å². The van der Waals surface area contributed by atoms with Gasteiger partial charge >= 0.3 is 0 Å². The largest absolute Gasteiger partial charge is 0.370 e. The number of piperazine rings is 1. The number of halogens is 1. The van der Waals surface area contributed by atoms with E-state index in [1.807, 2.05) is 24.4 Å². The quantitative estimate of drug-likeness (QED) is 0.601. The summed E-state index contributed by atoms with van der Waals surface area (Å²) in [5, 5.41) is 3.32. The van der Waals surface area contributed by atoms with Crippen LogP contribution in [0.2, 0.25) is 0 Å². The average Bonchev–Trinajstić information content (AvgIpc) is 3.26. The zero-order valence-corrected chi connectivity index (χ0v) is 16.7. The Morgan fingerprint density at radius 1 is 1.07 bits per heavy atom. The molecule has 154 valence electrons. The molecule has 2 aliphatic rings. The predicted molar refractivity (Wildman–Crippen MR) is 116 cm³/mol. The molecule has 2 fully saturated rings. The first-order chi connectivity index (χ1) is 14.2. The van der Waals surface area contributed by atoms with Crippen molar-refractivity contribution in [1.29, 1.82) is 0 Å². The van der Waals surface area contributed by atoms with Crippen molar-refractivity contribution >= 4 is 17.5 Å². The first-order valence-corrected chi connectivity index (χ1v) is 10.4. The predicted octanol–water partition coefficient (Wildman–Crippen LogP) is 2.89. The number of aromatic nitrogens is 1. The Kier molecular flexibility index (Phi) is 6.12. The second-order valence-corrected chi connectivity index (χ2v) is 7.80. The molecule has 7 heteroatoms. The Labute approximate surface area is 171 Å². The smallest absolute Gasteiger partial charge is 0.189 e. The Morgan fingerprint density at radius 2 is 1.76 bits per heavy atom. The fraction of sp³-hybridized carbons (Fsp3) is 0.455. The monoisotopic (exact) mass is 396 g/mol. The summed E-state index contributed by atoms with van der Waals surface area (Å²) in [7, 11) is 0. The molecule has 0 spiro atoms. The number of nitrogens with one attached hydrogen (secondary N) is 1. The van der Waals surface area contributed by atoms with Crippen LogP contribution in [0.15, 0.2) is 47.6 Å². The van der Waals surface area contributed by atoms with Crippen LogP contribution >= 0.6 is 0 Å².